The third-order valence-electron chi connectivity index (χ3n) is 4.90. The Labute approximate surface area is 131 Å². The molecule has 3 heterocycles. The lowest BCUT2D eigenvalue weighted by Gasteiger charge is -2.22. The van der Waals surface area contributed by atoms with Gasteiger partial charge in [0.05, 0.1) is 12.1 Å². The fourth-order valence-corrected chi connectivity index (χ4v) is 3.50. The molecule has 22 heavy (non-hydrogen) atoms. The van der Waals surface area contributed by atoms with Gasteiger partial charge in [-0.15, -0.1) is 0 Å². The number of aromatic nitrogens is 2. The monoisotopic (exact) mass is 306 g/mol. The third kappa shape index (κ3) is 3.67. The van der Waals surface area contributed by atoms with Gasteiger partial charge in [0, 0.05) is 52.0 Å². The standard InChI is InChI=1S/C16H26N4O2/c1-20-11-13(8-19-20)14-9-17-10-15(14)16(21)18-5-2-12-3-6-22-7-4-12/h8,11-12,14-15,17H,2-7,9-10H2,1H3,(H,18,21)/t14-,15+/m1/s1. The zero-order chi connectivity index (χ0) is 15.4. The number of nitrogens with zero attached hydrogens (tertiary/aromatic N) is 2. The minimum Gasteiger partial charge on any atom is -0.381 e. The predicted octanol–water partition coefficient (Wildman–Crippen LogP) is 0.656. The van der Waals surface area contributed by atoms with Gasteiger partial charge in [-0.25, -0.2) is 0 Å². The number of nitrogens with one attached hydrogen (secondary N) is 2. The molecule has 0 unspecified atom stereocenters. The molecular weight excluding hydrogens is 280 g/mol. The molecule has 2 saturated heterocycles. The second-order valence-electron chi connectivity index (χ2n) is 6.45. The second kappa shape index (κ2) is 7.24. The molecule has 3 rings (SSSR count). The second-order valence-corrected chi connectivity index (χ2v) is 6.45. The van der Waals surface area contributed by atoms with E-state index in [1.54, 1.807) is 4.68 Å². The Kier molecular flexibility index (Phi) is 5.10. The lowest BCUT2D eigenvalue weighted by atomic mass is 9.90. The van der Waals surface area contributed by atoms with Gasteiger partial charge in [-0.3, -0.25) is 9.48 Å². The molecule has 0 bridgehead atoms. The summed E-state index contributed by atoms with van der Waals surface area (Å²) in [6, 6.07) is 0. The van der Waals surface area contributed by atoms with Crippen molar-refractivity contribution in [3.63, 3.8) is 0 Å². The van der Waals surface area contributed by atoms with Gasteiger partial charge >= 0.3 is 0 Å². The van der Waals surface area contributed by atoms with E-state index < -0.39 is 0 Å². The van der Waals surface area contributed by atoms with E-state index in [4.69, 9.17) is 4.74 Å². The number of carbonyl (C=O) groups excluding carboxylic acids is 1. The molecule has 0 aliphatic carbocycles. The third-order valence-corrected chi connectivity index (χ3v) is 4.90. The molecule has 2 aliphatic rings. The molecule has 0 aromatic carbocycles. The van der Waals surface area contributed by atoms with Crippen LogP contribution in [0.15, 0.2) is 12.4 Å². The van der Waals surface area contributed by atoms with Crippen molar-refractivity contribution >= 4 is 5.91 Å². The van der Waals surface area contributed by atoms with Crippen LogP contribution in [0.3, 0.4) is 0 Å². The topological polar surface area (TPSA) is 68.2 Å². The molecule has 6 heteroatoms. The van der Waals surface area contributed by atoms with Crippen LogP contribution in [0, 0.1) is 11.8 Å². The molecule has 2 N–H and O–H groups in total. The smallest absolute Gasteiger partial charge is 0.225 e. The maximum Gasteiger partial charge on any atom is 0.225 e. The summed E-state index contributed by atoms with van der Waals surface area (Å²) in [6.45, 7) is 4.12. The van der Waals surface area contributed by atoms with E-state index in [-0.39, 0.29) is 17.7 Å². The van der Waals surface area contributed by atoms with Crippen molar-refractivity contribution in [1.82, 2.24) is 20.4 Å². The van der Waals surface area contributed by atoms with E-state index in [9.17, 15) is 4.79 Å². The van der Waals surface area contributed by atoms with E-state index in [1.807, 2.05) is 19.4 Å². The summed E-state index contributed by atoms with van der Waals surface area (Å²) in [5.74, 6) is 1.12. The molecular formula is C16H26N4O2. The van der Waals surface area contributed by atoms with E-state index in [1.165, 1.54) is 0 Å². The first-order valence-corrected chi connectivity index (χ1v) is 8.29. The van der Waals surface area contributed by atoms with Crippen molar-refractivity contribution in [2.75, 3.05) is 32.8 Å². The number of rotatable bonds is 5. The molecule has 0 spiro atoms. The van der Waals surface area contributed by atoms with Gasteiger partial charge in [-0.05, 0) is 30.7 Å². The highest BCUT2D eigenvalue weighted by Crippen LogP contribution is 2.28. The van der Waals surface area contributed by atoms with Crippen LogP contribution in [0.25, 0.3) is 0 Å². The van der Waals surface area contributed by atoms with E-state index >= 15 is 0 Å². The first-order chi connectivity index (χ1) is 10.7. The summed E-state index contributed by atoms with van der Waals surface area (Å²) in [4.78, 5) is 12.5. The normalized spacial score (nSPS) is 26.2. The zero-order valence-electron chi connectivity index (χ0n) is 13.3. The maximum atomic E-state index is 12.5. The fraction of sp³-hybridized carbons (Fsp3) is 0.750. The van der Waals surface area contributed by atoms with E-state index in [0.717, 1.165) is 57.7 Å². The van der Waals surface area contributed by atoms with Crippen LogP contribution in [-0.2, 0) is 16.6 Å². The predicted molar refractivity (Wildman–Crippen MR) is 83.5 cm³/mol. The average Bonchev–Trinajstić information content (AvgIpc) is 3.16. The van der Waals surface area contributed by atoms with Crippen molar-refractivity contribution in [1.29, 1.82) is 0 Å². The van der Waals surface area contributed by atoms with Crippen molar-refractivity contribution in [3.8, 4) is 0 Å². The highest BCUT2D eigenvalue weighted by atomic mass is 16.5. The molecule has 2 aliphatic heterocycles. The molecule has 122 valence electrons. The number of carbonyl (C=O) groups is 1. The van der Waals surface area contributed by atoms with Crippen LogP contribution in [-0.4, -0.2) is 48.5 Å². The Balaban J connectivity index is 1.48. The minimum atomic E-state index is 0.0129. The molecule has 0 radical (unpaired) electrons. The summed E-state index contributed by atoms with van der Waals surface area (Å²) < 4.78 is 7.17. The Morgan fingerprint density at radius 3 is 3.00 bits per heavy atom. The van der Waals surface area contributed by atoms with Crippen LogP contribution in [0.2, 0.25) is 0 Å². The van der Waals surface area contributed by atoms with Crippen LogP contribution in [0.4, 0.5) is 0 Å². The molecule has 1 aromatic heterocycles. The van der Waals surface area contributed by atoms with Gasteiger partial charge in [-0.2, -0.15) is 5.10 Å². The van der Waals surface area contributed by atoms with Gasteiger partial charge in [0.15, 0.2) is 0 Å². The molecule has 0 saturated carbocycles. The highest BCUT2D eigenvalue weighted by molar-refractivity contribution is 5.80. The number of amides is 1. The Morgan fingerprint density at radius 1 is 1.45 bits per heavy atom. The number of aryl methyl sites for hydroxylation is 1. The number of ether oxygens (including phenoxy) is 1. The summed E-state index contributed by atoms with van der Waals surface area (Å²) >= 11 is 0. The fourth-order valence-electron chi connectivity index (χ4n) is 3.50. The number of hydrogen-bond donors (Lipinski definition) is 2. The van der Waals surface area contributed by atoms with Gasteiger partial charge in [0.1, 0.15) is 0 Å². The van der Waals surface area contributed by atoms with E-state index in [2.05, 4.69) is 15.7 Å². The van der Waals surface area contributed by atoms with Gasteiger partial charge in [0.2, 0.25) is 5.91 Å². The highest BCUT2D eigenvalue weighted by Gasteiger charge is 2.34. The SMILES string of the molecule is Cn1cc([C@H]2CNC[C@@H]2C(=O)NCCC2CCOCC2)cn1. The van der Waals surface area contributed by atoms with Crippen molar-refractivity contribution in [2.45, 2.75) is 25.2 Å². The van der Waals surface area contributed by atoms with Crippen LogP contribution >= 0.6 is 0 Å². The van der Waals surface area contributed by atoms with Gasteiger partial charge in [-0.1, -0.05) is 0 Å². The van der Waals surface area contributed by atoms with Crippen LogP contribution in [0.1, 0.15) is 30.7 Å². The molecule has 6 nitrogen and oxygen atoms in total. The van der Waals surface area contributed by atoms with Crippen molar-refractivity contribution in [2.24, 2.45) is 18.9 Å². The largest absolute Gasteiger partial charge is 0.381 e. The maximum absolute atomic E-state index is 12.5. The lowest BCUT2D eigenvalue weighted by Crippen LogP contribution is -2.35. The van der Waals surface area contributed by atoms with Crippen molar-refractivity contribution in [3.05, 3.63) is 18.0 Å². The Hall–Kier alpha value is -1.40. The van der Waals surface area contributed by atoms with Crippen LogP contribution < -0.4 is 10.6 Å². The molecule has 1 amide bonds. The summed E-state index contributed by atoms with van der Waals surface area (Å²) in [7, 11) is 1.91. The minimum absolute atomic E-state index is 0.0129. The average molecular weight is 306 g/mol. The van der Waals surface area contributed by atoms with Crippen LogP contribution in [0.5, 0.6) is 0 Å². The number of hydrogen-bond acceptors (Lipinski definition) is 4. The first kappa shape index (κ1) is 15.5. The van der Waals surface area contributed by atoms with Gasteiger partial charge in [0.25, 0.3) is 0 Å². The van der Waals surface area contributed by atoms with Crippen molar-refractivity contribution < 1.29 is 9.53 Å². The molecule has 1 aromatic rings. The lowest BCUT2D eigenvalue weighted by molar-refractivity contribution is -0.124. The molecule has 2 atom stereocenters. The van der Waals surface area contributed by atoms with E-state index in [0.29, 0.717) is 5.92 Å². The Bertz CT molecular complexity index is 496. The molecule has 2 fully saturated rings. The zero-order valence-corrected chi connectivity index (χ0v) is 13.3. The summed E-state index contributed by atoms with van der Waals surface area (Å²) in [6.07, 6.45) is 7.20. The quantitative estimate of drug-likeness (QED) is 0.838. The first-order valence-electron chi connectivity index (χ1n) is 8.29. The summed E-state index contributed by atoms with van der Waals surface area (Å²) in [5.41, 5.74) is 1.15. The van der Waals surface area contributed by atoms with Gasteiger partial charge < -0.3 is 15.4 Å². The Morgan fingerprint density at radius 2 is 2.27 bits per heavy atom. The summed E-state index contributed by atoms with van der Waals surface area (Å²) in [5, 5.41) is 10.7.